The first kappa shape index (κ1) is 40.9. The lowest BCUT2D eigenvalue weighted by molar-refractivity contribution is -0.0593. The van der Waals surface area contributed by atoms with Gasteiger partial charge in [0.25, 0.3) is 5.91 Å². The molecule has 1 amide bonds. The van der Waals surface area contributed by atoms with Crippen molar-refractivity contribution in [1.29, 1.82) is 0 Å². The number of benzene rings is 2. The number of nitrogens with zero attached hydrogens (tertiary/aromatic N) is 9. The minimum atomic E-state index is -0.859. The van der Waals surface area contributed by atoms with Gasteiger partial charge in [0.2, 0.25) is 0 Å². The summed E-state index contributed by atoms with van der Waals surface area (Å²) >= 11 is 7.48. The first-order valence-corrected chi connectivity index (χ1v) is 22.8. The van der Waals surface area contributed by atoms with Gasteiger partial charge < -0.3 is 14.0 Å². The van der Waals surface area contributed by atoms with Crippen LogP contribution in [-0.4, -0.2) is 72.8 Å². The molecular formula is C48H45ClF2N10O5. The largest absolute Gasteiger partial charge is 0.438 e. The van der Waals surface area contributed by atoms with Crippen LogP contribution >= 0.6 is 11.6 Å². The third kappa shape index (κ3) is 6.15. The summed E-state index contributed by atoms with van der Waals surface area (Å²) < 4.78 is 50.3. The maximum atomic E-state index is 16.2. The average Bonchev–Trinajstić information content (AvgIpc) is 4.08. The van der Waals surface area contributed by atoms with E-state index < -0.39 is 28.7 Å². The standard InChI is InChI=1S/C48H45ClF2N10O5/c1-25-37-33(54-61(29-7-8-32(50)30(22-29)26-5-6-26)42(37)60-19-18-59(46(60)64)35-10-9-34-31(40(35)51)24-52-56(34)4)12-17-57(25)43(62)38-39(49)36-21-27(28-13-20-65-47(2,3)23-28)11-16-58(36)41(38)48(14-15-48)44-53-45(63)66-55-44/h7-11,16,18-19,21-22,24-26,28H,5-6,12-15,17,20,23H2,1-4H3,(H,53,55,63)/t25-,28-/m0/s1. The van der Waals surface area contributed by atoms with Crippen molar-refractivity contribution >= 4 is 33.9 Å². The molecule has 8 heterocycles. The van der Waals surface area contributed by atoms with Crippen molar-refractivity contribution < 1.29 is 22.8 Å². The number of H-pyrrole nitrogens is 1. The van der Waals surface area contributed by atoms with E-state index in [4.69, 9.17) is 26.0 Å². The van der Waals surface area contributed by atoms with E-state index in [1.54, 1.807) is 51.8 Å². The lowest BCUT2D eigenvalue weighted by atomic mass is 9.84. The Morgan fingerprint density at radius 3 is 2.52 bits per heavy atom. The minimum Gasteiger partial charge on any atom is -0.376 e. The lowest BCUT2D eigenvalue weighted by Gasteiger charge is -2.35. The number of carbonyl (C=O) groups is 1. The number of amides is 1. The predicted octanol–water partition coefficient (Wildman–Crippen LogP) is 7.95. The quantitative estimate of drug-likeness (QED) is 0.161. The van der Waals surface area contributed by atoms with E-state index in [2.05, 4.69) is 41.2 Å². The number of aryl methyl sites for hydroxylation is 1. The number of hydrogen-bond acceptors (Lipinski definition) is 8. The fourth-order valence-electron chi connectivity index (χ4n) is 10.8. The van der Waals surface area contributed by atoms with Crippen LogP contribution in [0, 0.1) is 11.6 Å². The summed E-state index contributed by atoms with van der Waals surface area (Å²) in [7, 11) is 1.72. The molecule has 3 fully saturated rings. The number of fused-ring (bicyclic) bond motifs is 3. The molecule has 0 spiro atoms. The van der Waals surface area contributed by atoms with Gasteiger partial charge >= 0.3 is 11.4 Å². The van der Waals surface area contributed by atoms with Crippen molar-refractivity contribution in [1.82, 2.24) is 48.1 Å². The fraction of sp³-hybridized carbons (Fsp3) is 0.375. The Morgan fingerprint density at radius 1 is 0.970 bits per heavy atom. The van der Waals surface area contributed by atoms with E-state index in [1.807, 2.05) is 17.5 Å². The highest BCUT2D eigenvalue weighted by atomic mass is 35.5. The van der Waals surface area contributed by atoms with E-state index in [9.17, 15) is 9.59 Å². The van der Waals surface area contributed by atoms with Crippen LogP contribution in [0.25, 0.3) is 33.6 Å². The van der Waals surface area contributed by atoms with Gasteiger partial charge in [0, 0.05) is 50.8 Å². The maximum absolute atomic E-state index is 16.2. The Kier molecular flexibility index (Phi) is 8.95. The number of nitrogens with one attached hydrogen (secondary N) is 1. The number of halogens is 3. The van der Waals surface area contributed by atoms with Crippen molar-refractivity contribution in [3.8, 4) is 17.2 Å². The molecule has 2 aliphatic heterocycles. The van der Waals surface area contributed by atoms with E-state index in [1.165, 1.54) is 27.6 Å². The van der Waals surface area contributed by atoms with Gasteiger partial charge in [-0.3, -0.25) is 28.1 Å². The molecule has 66 heavy (non-hydrogen) atoms. The fourth-order valence-corrected chi connectivity index (χ4v) is 11.1. The summed E-state index contributed by atoms with van der Waals surface area (Å²) in [6.07, 6.45) is 11.3. The predicted molar refractivity (Wildman–Crippen MR) is 239 cm³/mol. The second kappa shape index (κ2) is 14.5. The Labute approximate surface area is 380 Å². The first-order valence-electron chi connectivity index (χ1n) is 22.4. The van der Waals surface area contributed by atoms with Gasteiger partial charge in [-0.1, -0.05) is 16.8 Å². The Bertz CT molecular complexity index is 3450. The van der Waals surface area contributed by atoms with E-state index in [-0.39, 0.29) is 57.4 Å². The summed E-state index contributed by atoms with van der Waals surface area (Å²) in [6, 6.07) is 11.5. The second-order valence-corrected chi connectivity index (χ2v) is 19.4. The lowest BCUT2D eigenvalue weighted by Crippen LogP contribution is -2.40. The summed E-state index contributed by atoms with van der Waals surface area (Å²) in [6.45, 7) is 6.95. The van der Waals surface area contributed by atoms with Crippen LogP contribution in [0.1, 0.15) is 121 Å². The summed E-state index contributed by atoms with van der Waals surface area (Å²) in [4.78, 5) is 47.2. The summed E-state index contributed by atoms with van der Waals surface area (Å²) in [5.74, 6) is -1.01. The van der Waals surface area contributed by atoms with Gasteiger partial charge in [-0.2, -0.15) is 10.2 Å². The van der Waals surface area contributed by atoms with Crippen LogP contribution < -0.4 is 11.4 Å². The van der Waals surface area contributed by atoms with Crippen molar-refractivity contribution in [2.45, 2.75) is 94.6 Å². The average molecular weight is 915 g/mol. The smallest absolute Gasteiger partial charge is 0.376 e. The molecule has 1 saturated heterocycles. The SMILES string of the molecule is C[C@H]1c2c(nn(-c3ccc(F)c(C4CC4)c3)c2-n2ccn(-c3ccc4c(cnn4C)c3F)c2=O)CCN1C(=O)c1c(Cl)c2cc([C@H]3CCOC(C)(C)C3)ccn2c1C1(c2noc(=O)[nH]2)CC1. The molecular weight excluding hydrogens is 870 g/mol. The number of ether oxygens (including phenoxy) is 1. The van der Waals surface area contributed by atoms with Crippen LogP contribution in [0.5, 0.6) is 0 Å². The number of aromatic amines is 1. The second-order valence-electron chi connectivity index (χ2n) is 19.0. The highest BCUT2D eigenvalue weighted by Crippen LogP contribution is 2.56. The van der Waals surface area contributed by atoms with Crippen LogP contribution in [-0.2, 0) is 23.6 Å². The molecule has 2 saturated carbocycles. The minimum absolute atomic E-state index is 0.0379. The number of hydrogen-bond donors (Lipinski definition) is 1. The van der Waals surface area contributed by atoms with Gasteiger partial charge in [0.15, 0.2) is 11.6 Å². The highest BCUT2D eigenvalue weighted by Gasteiger charge is 2.55. The van der Waals surface area contributed by atoms with Gasteiger partial charge in [-0.15, -0.1) is 0 Å². The Morgan fingerprint density at radius 2 is 1.77 bits per heavy atom. The molecule has 0 bridgehead atoms. The number of aromatic nitrogens is 9. The van der Waals surface area contributed by atoms with Crippen LogP contribution in [0.4, 0.5) is 8.78 Å². The molecule has 2 aromatic carbocycles. The van der Waals surface area contributed by atoms with Gasteiger partial charge in [-0.25, -0.2) is 23.1 Å². The van der Waals surface area contributed by atoms with Gasteiger partial charge in [0.05, 0.1) is 73.0 Å². The number of carbonyl (C=O) groups excluding carboxylic acids is 1. The molecule has 8 aromatic rings. The summed E-state index contributed by atoms with van der Waals surface area (Å²) in [5, 5.41) is 13.9. The van der Waals surface area contributed by atoms with Crippen LogP contribution in [0.3, 0.4) is 0 Å². The van der Waals surface area contributed by atoms with E-state index in [0.717, 1.165) is 31.2 Å². The molecule has 0 radical (unpaired) electrons. The molecule has 4 aliphatic rings. The molecule has 0 unspecified atom stereocenters. The number of pyridine rings is 1. The number of imidazole rings is 1. The van der Waals surface area contributed by atoms with Crippen LogP contribution in [0.15, 0.2) is 81.4 Å². The van der Waals surface area contributed by atoms with Crippen molar-refractivity contribution in [3.63, 3.8) is 0 Å². The normalized spacial score (nSPS) is 20.1. The van der Waals surface area contributed by atoms with Gasteiger partial charge in [0.1, 0.15) is 11.6 Å². The zero-order chi connectivity index (χ0) is 45.6. The molecule has 18 heteroatoms. The molecule has 2 aliphatic carbocycles. The van der Waals surface area contributed by atoms with E-state index in [0.29, 0.717) is 76.7 Å². The maximum Gasteiger partial charge on any atom is 0.438 e. The molecule has 1 N–H and O–H groups in total. The highest BCUT2D eigenvalue weighted by molar-refractivity contribution is 6.37. The Balaban J connectivity index is 1.01. The molecule has 15 nitrogen and oxygen atoms in total. The molecule has 6 aromatic heterocycles. The van der Waals surface area contributed by atoms with Crippen LogP contribution in [0.2, 0.25) is 5.02 Å². The zero-order valence-electron chi connectivity index (χ0n) is 36.6. The van der Waals surface area contributed by atoms with Gasteiger partial charge in [-0.05, 0) is 125 Å². The summed E-state index contributed by atoms with van der Waals surface area (Å²) in [5.41, 5.74) is 3.86. The molecule has 12 rings (SSSR count). The molecule has 2 atom stereocenters. The number of rotatable bonds is 8. The first-order chi connectivity index (χ1) is 31.7. The van der Waals surface area contributed by atoms with Crippen molar-refractivity contribution in [3.05, 3.63) is 144 Å². The zero-order valence-corrected chi connectivity index (χ0v) is 37.4. The Hall–Kier alpha value is -6.59. The van der Waals surface area contributed by atoms with Crippen molar-refractivity contribution in [2.24, 2.45) is 7.05 Å². The monoisotopic (exact) mass is 914 g/mol. The van der Waals surface area contributed by atoms with Crippen molar-refractivity contribution in [2.75, 3.05) is 13.2 Å². The third-order valence-corrected chi connectivity index (χ3v) is 14.8. The topological polar surface area (TPSA) is 155 Å². The molecule has 338 valence electrons. The van der Waals surface area contributed by atoms with E-state index >= 15 is 13.6 Å². The third-order valence-electron chi connectivity index (χ3n) is 14.4.